The van der Waals surface area contributed by atoms with Gasteiger partial charge < -0.3 is 15.4 Å². The van der Waals surface area contributed by atoms with E-state index in [2.05, 4.69) is 9.97 Å². The Hall–Kier alpha value is -1.67. The van der Waals surface area contributed by atoms with Crippen LogP contribution < -0.4 is 10.6 Å². The number of ether oxygens (including phenoxy) is 1. The highest BCUT2D eigenvalue weighted by Gasteiger charge is 2.31. The van der Waals surface area contributed by atoms with Crippen LogP contribution in [-0.4, -0.2) is 40.2 Å². The molecule has 0 bridgehead atoms. The lowest BCUT2D eigenvalue weighted by Crippen LogP contribution is -2.46. The van der Waals surface area contributed by atoms with E-state index in [1.54, 1.807) is 4.90 Å². The topological polar surface area (TPSA) is 107 Å². The molecule has 19 heavy (non-hydrogen) atoms. The fraction of sp³-hybridized carbons (Fsp3) is 0.600. The van der Waals surface area contributed by atoms with Crippen LogP contribution >= 0.6 is 11.6 Å². The van der Waals surface area contributed by atoms with Crippen LogP contribution in [-0.2, 0) is 4.74 Å². The van der Waals surface area contributed by atoms with Gasteiger partial charge in [-0.2, -0.15) is 9.97 Å². The van der Waals surface area contributed by atoms with Crippen molar-refractivity contribution in [2.75, 3.05) is 23.7 Å². The second-order valence-corrected chi connectivity index (χ2v) is 4.81. The monoisotopic (exact) mass is 287 g/mol. The predicted molar refractivity (Wildman–Crippen MR) is 70.3 cm³/mol. The molecule has 2 rings (SSSR count). The standard InChI is InChI=1S/C10H14ClN5O3/c1-5-3-15(4-6(2)19-5)9-7(16(17)18)8(12)13-10(11)14-9/h5-6H,3-4H2,1-2H3,(H2,12,13,14). The van der Waals surface area contributed by atoms with E-state index in [4.69, 9.17) is 22.1 Å². The Balaban J connectivity index is 2.45. The van der Waals surface area contributed by atoms with Crippen LogP contribution in [0.1, 0.15) is 13.8 Å². The van der Waals surface area contributed by atoms with Gasteiger partial charge in [0.2, 0.25) is 16.9 Å². The van der Waals surface area contributed by atoms with E-state index in [0.29, 0.717) is 13.1 Å². The smallest absolute Gasteiger partial charge is 0.353 e. The van der Waals surface area contributed by atoms with Gasteiger partial charge in [0.05, 0.1) is 17.1 Å². The van der Waals surface area contributed by atoms with E-state index in [1.807, 2.05) is 13.8 Å². The second-order valence-electron chi connectivity index (χ2n) is 4.47. The molecule has 9 heteroatoms. The maximum atomic E-state index is 11.1. The number of anilines is 2. The van der Waals surface area contributed by atoms with Crippen LogP contribution in [0.5, 0.6) is 0 Å². The molecule has 2 atom stereocenters. The molecular weight excluding hydrogens is 274 g/mol. The Labute approximate surface area is 114 Å². The molecule has 1 aromatic heterocycles. The summed E-state index contributed by atoms with van der Waals surface area (Å²) in [5.74, 6) is -0.0868. The number of nitrogen functional groups attached to an aromatic ring is 1. The average Bonchev–Trinajstić information content (AvgIpc) is 2.25. The lowest BCUT2D eigenvalue weighted by molar-refractivity contribution is -0.383. The van der Waals surface area contributed by atoms with Gasteiger partial charge in [-0.1, -0.05) is 0 Å². The Bertz CT molecular complexity index is 502. The molecule has 1 aromatic rings. The zero-order chi connectivity index (χ0) is 14.2. The molecule has 2 N–H and O–H groups in total. The quantitative estimate of drug-likeness (QED) is 0.495. The van der Waals surface area contributed by atoms with E-state index in [0.717, 1.165) is 0 Å². The van der Waals surface area contributed by atoms with Crippen LogP contribution in [0.25, 0.3) is 0 Å². The molecule has 1 aliphatic rings. The number of rotatable bonds is 2. The third-order valence-electron chi connectivity index (χ3n) is 2.77. The third kappa shape index (κ3) is 2.85. The Morgan fingerprint density at radius 3 is 2.53 bits per heavy atom. The largest absolute Gasteiger partial charge is 0.378 e. The minimum Gasteiger partial charge on any atom is -0.378 e. The van der Waals surface area contributed by atoms with Crippen molar-refractivity contribution >= 4 is 28.9 Å². The fourth-order valence-electron chi connectivity index (χ4n) is 2.18. The highest BCUT2D eigenvalue weighted by atomic mass is 35.5. The summed E-state index contributed by atoms with van der Waals surface area (Å²) < 4.78 is 5.58. The molecule has 0 aliphatic carbocycles. The number of morpholine rings is 1. The molecule has 0 radical (unpaired) electrons. The number of nitrogens with zero attached hydrogens (tertiary/aromatic N) is 4. The summed E-state index contributed by atoms with van der Waals surface area (Å²) in [4.78, 5) is 19.8. The van der Waals surface area contributed by atoms with Gasteiger partial charge in [0, 0.05) is 13.1 Å². The van der Waals surface area contributed by atoms with Crippen molar-refractivity contribution in [3.05, 3.63) is 15.4 Å². The third-order valence-corrected chi connectivity index (χ3v) is 2.94. The first-order chi connectivity index (χ1) is 8.88. The minimum absolute atomic E-state index is 0.0571. The lowest BCUT2D eigenvalue weighted by atomic mass is 10.2. The molecule has 8 nitrogen and oxygen atoms in total. The van der Waals surface area contributed by atoms with Crippen molar-refractivity contribution in [2.45, 2.75) is 26.1 Å². The highest BCUT2D eigenvalue weighted by molar-refractivity contribution is 6.28. The second kappa shape index (κ2) is 5.14. The number of hydrogen-bond donors (Lipinski definition) is 1. The average molecular weight is 288 g/mol. The summed E-state index contributed by atoms with van der Waals surface area (Å²) in [6.45, 7) is 4.75. The lowest BCUT2D eigenvalue weighted by Gasteiger charge is -2.35. The van der Waals surface area contributed by atoms with Gasteiger partial charge in [0.25, 0.3) is 0 Å². The van der Waals surface area contributed by atoms with E-state index < -0.39 is 4.92 Å². The fourth-order valence-corrected chi connectivity index (χ4v) is 2.35. The molecule has 2 unspecified atom stereocenters. The van der Waals surface area contributed by atoms with Crippen LogP contribution in [0.4, 0.5) is 17.3 Å². The van der Waals surface area contributed by atoms with E-state index in [-0.39, 0.29) is 34.8 Å². The molecule has 2 heterocycles. The summed E-state index contributed by atoms with van der Waals surface area (Å²) in [7, 11) is 0. The van der Waals surface area contributed by atoms with E-state index in [1.165, 1.54) is 0 Å². The number of halogens is 1. The minimum atomic E-state index is -0.591. The highest BCUT2D eigenvalue weighted by Crippen LogP contribution is 2.33. The normalized spacial score (nSPS) is 23.4. The summed E-state index contributed by atoms with van der Waals surface area (Å²) in [6, 6.07) is 0. The van der Waals surface area contributed by atoms with Crippen LogP contribution in [0.15, 0.2) is 0 Å². The number of hydrogen-bond acceptors (Lipinski definition) is 7. The van der Waals surface area contributed by atoms with Crippen LogP contribution in [0.3, 0.4) is 0 Å². The number of aromatic nitrogens is 2. The Kier molecular flexibility index (Phi) is 3.72. The van der Waals surface area contributed by atoms with Gasteiger partial charge >= 0.3 is 5.69 Å². The number of nitro groups is 1. The molecule has 0 spiro atoms. The van der Waals surface area contributed by atoms with Gasteiger partial charge in [-0.25, -0.2) is 0 Å². The molecular formula is C10H14ClN5O3. The first kappa shape index (κ1) is 13.8. The summed E-state index contributed by atoms with van der Waals surface area (Å²) in [5, 5.41) is 11.0. The van der Waals surface area contributed by atoms with Crippen molar-refractivity contribution in [1.29, 1.82) is 0 Å². The zero-order valence-corrected chi connectivity index (χ0v) is 11.3. The van der Waals surface area contributed by atoms with E-state index in [9.17, 15) is 10.1 Å². The van der Waals surface area contributed by atoms with Gasteiger partial charge in [-0.05, 0) is 25.4 Å². The zero-order valence-electron chi connectivity index (χ0n) is 10.5. The Morgan fingerprint density at radius 2 is 2.00 bits per heavy atom. The van der Waals surface area contributed by atoms with Crippen LogP contribution in [0, 0.1) is 10.1 Å². The SMILES string of the molecule is CC1CN(c2nc(Cl)nc(N)c2[N+](=O)[O-])CC(C)O1. The van der Waals surface area contributed by atoms with Gasteiger partial charge in [-0.3, -0.25) is 10.1 Å². The predicted octanol–water partition coefficient (Wildman–Crippen LogP) is 1.23. The first-order valence-corrected chi connectivity index (χ1v) is 6.14. The summed E-state index contributed by atoms with van der Waals surface area (Å²) in [6.07, 6.45) is -0.114. The molecule has 0 amide bonds. The maximum absolute atomic E-state index is 11.1. The summed E-state index contributed by atoms with van der Waals surface area (Å²) in [5.41, 5.74) is 5.25. The van der Waals surface area contributed by atoms with Crippen molar-refractivity contribution < 1.29 is 9.66 Å². The Morgan fingerprint density at radius 1 is 1.42 bits per heavy atom. The first-order valence-electron chi connectivity index (χ1n) is 5.76. The molecule has 1 saturated heterocycles. The molecule has 1 fully saturated rings. The molecule has 104 valence electrons. The summed E-state index contributed by atoms with van der Waals surface area (Å²) >= 11 is 5.74. The molecule has 0 aromatic carbocycles. The van der Waals surface area contributed by atoms with E-state index >= 15 is 0 Å². The van der Waals surface area contributed by atoms with Gasteiger partial charge in [-0.15, -0.1) is 0 Å². The van der Waals surface area contributed by atoms with Gasteiger partial charge in [0.15, 0.2) is 0 Å². The van der Waals surface area contributed by atoms with Crippen molar-refractivity contribution in [3.8, 4) is 0 Å². The van der Waals surface area contributed by atoms with Gasteiger partial charge in [0.1, 0.15) is 0 Å². The van der Waals surface area contributed by atoms with Crippen molar-refractivity contribution in [2.24, 2.45) is 0 Å². The number of nitrogens with two attached hydrogens (primary N) is 1. The van der Waals surface area contributed by atoms with Crippen LogP contribution in [0.2, 0.25) is 5.28 Å². The molecule has 0 saturated carbocycles. The maximum Gasteiger partial charge on any atom is 0.353 e. The van der Waals surface area contributed by atoms with Crippen molar-refractivity contribution in [1.82, 2.24) is 9.97 Å². The molecule has 1 aliphatic heterocycles. The van der Waals surface area contributed by atoms with Crippen molar-refractivity contribution in [3.63, 3.8) is 0 Å².